The van der Waals surface area contributed by atoms with Crippen molar-refractivity contribution in [3.05, 3.63) is 24.5 Å². The third kappa shape index (κ3) is 2.26. The van der Waals surface area contributed by atoms with Gasteiger partial charge in [0.1, 0.15) is 10.8 Å². The normalized spacial score (nSPS) is 18.2. The van der Waals surface area contributed by atoms with Crippen molar-refractivity contribution in [3.63, 3.8) is 0 Å². The van der Waals surface area contributed by atoms with Crippen molar-refractivity contribution in [3.8, 4) is 11.1 Å². The van der Waals surface area contributed by atoms with Gasteiger partial charge in [-0.15, -0.1) is 0 Å². The fourth-order valence-corrected chi connectivity index (χ4v) is 3.55. The first-order chi connectivity index (χ1) is 9.83. The first kappa shape index (κ1) is 12.1. The summed E-state index contributed by atoms with van der Waals surface area (Å²) in [7, 11) is 0. The Morgan fingerprint density at radius 1 is 1.30 bits per heavy atom. The van der Waals surface area contributed by atoms with E-state index in [1.165, 1.54) is 37.2 Å². The van der Waals surface area contributed by atoms with Crippen LogP contribution in [0.25, 0.3) is 11.1 Å². The lowest BCUT2D eigenvalue weighted by Crippen LogP contribution is -2.27. The maximum Gasteiger partial charge on any atom is 0.147 e. The monoisotopic (exact) mass is 286 g/mol. The summed E-state index contributed by atoms with van der Waals surface area (Å²) in [6, 6.07) is 4.73. The van der Waals surface area contributed by atoms with Crippen LogP contribution < -0.4 is 10.6 Å². The minimum absolute atomic E-state index is 0.638. The molecule has 0 amide bonds. The Kier molecular flexibility index (Phi) is 2.88. The minimum atomic E-state index is 0.638. The summed E-state index contributed by atoms with van der Waals surface area (Å²) in [4.78, 5) is 6.77. The Morgan fingerprint density at radius 3 is 2.80 bits per heavy atom. The van der Waals surface area contributed by atoms with Crippen LogP contribution in [0, 0.1) is 5.92 Å². The molecule has 2 heterocycles. The van der Waals surface area contributed by atoms with Crippen LogP contribution in [-0.4, -0.2) is 21.9 Å². The summed E-state index contributed by atoms with van der Waals surface area (Å²) in [5, 5.41) is 1.24. The van der Waals surface area contributed by atoms with Gasteiger partial charge in [0.2, 0.25) is 0 Å². The summed E-state index contributed by atoms with van der Waals surface area (Å²) in [5.74, 6) is 1.51. The average Bonchev–Trinajstić information content (AvgIpc) is 3.36. The molecule has 4 rings (SSSR count). The molecule has 2 saturated carbocycles. The highest BCUT2D eigenvalue weighted by Crippen LogP contribution is 2.45. The quantitative estimate of drug-likeness (QED) is 0.917. The standard InChI is InChI=1S/C15H18N4S/c16-14-13(11-2-1-7-17-8-11)15(20-18-14)19(12-5-6-12)9-10-3-4-10/h1-2,7-8,10,12H,3-6,9H2,(H2,16,18). The van der Waals surface area contributed by atoms with Gasteiger partial charge in [-0.25, -0.2) is 0 Å². The van der Waals surface area contributed by atoms with Crippen molar-refractivity contribution < 1.29 is 0 Å². The molecule has 104 valence electrons. The maximum absolute atomic E-state index is 6.12. The van der Waals surface area contributed by atoms with Gasteiger partial charge in [0.15, 0.2) is 0 Å². The second-order valence-corrected chi connectivity index (χ2v) is 6.57. The summed E-state index contributed by atoms with van der Waals surface area (Å²) in [5.41, 5.74) is 8.28. The van der Waals surface area contributed by atoms with Crippen molar-refractivity contribution >= 4 is 22.4 Å². The summed E-state index contributed by atoms with van der Waals surface area (Å²) in [6.45, 7) is 1.17. The topological polar surface area (TPSA) is 55.0 Å². The molecule has 2 N–H and O–H groups in total. The van der Waals surface area contributed by atoms with Crippen LogP contribution in [0.4, 0.5) is 10.8 Å². The number of hydrogen-bond acceptors (Lipinski definition) is 5. The van der Waals surface area contributed by atoms with E-state index in [9.17, 15) is 0 Å². The molecule has 4 nitrogen and oxygen atoms in total. The van der Waals surface area contributed by atoms with E-state index in [0.29, 0.717) is 11.9 Å². The fraction of sp³-hybridized carbons (Fsp3) is 0.467. The average molecular weight is 286 g/mol. The van der Waals surface area contributed by atoms with Crippen LogP contribution in [0.2, 0.25) is 0 Å². The molecule has 2 fully saturated rings. The van der Waals surface area contributed by atoms with Gasteiger partial charge >= 0.3 is 0 Å². The second kappa shape index (κ2) is 4.74. The maximum atomic E-state index is 6.12. The molecule has 2 aromatic heterocycles. The van der Waals surface area contributed by atoms with E-state index in [4.69, 9.17) is 5.73 Å². The van der Waals surface area contributed by atoms with Crippen molar-refractivity contribution in [2.75, 3.05) is 17.2 Å². The highest BCUT2D eigenvalue weighted by atomic mass is 32.1. The molecule has 2 aliphatic rings. The summed E-state index contributed by atoms with van der Waals surface area (Å²) < 4.78 is 4.40. The zero-order chi connectivity index (χ0) is 13.5. The first-order valence-electron chi connectivity index (χ1n) is 7.25. The largest absolute Gasteiger partial charge is 0.382 e. The highest BCUT2D eigenvalue weighted by molar-refractivity contribution is 7.11. The van der Waals surface area contributed by atoms with Gasteiger partial charge in [-0.05, 0) is 49.2 Å². The van der Waals surface area contributed by atoms with E-state index < -0.39 is 0 Å². The number of pyridine rings is 1. The molecule has 0 spiro atoms. The van der Waals surface area contributed by atoms with E-state index in [2.05, 4.69) is 20.3 Å². The SMILES string of the molecule is Nc1nsc(N(CC2CC2)C2CC2)c1-c1cccnc1. The lowest BCUT2D eigenvalue weighted by molar-refractivity contribution is 0.725. The third-order valence-corrected chi connectivity index (χ3v) is 4.95. The molecule has 0 aromatic carbocycles. The van der Waals surface area contributed by atoms with Gasteiger partial charge in [-0.2, -0.15) is 4.37 Å². The Labute approximate surface area is 122 Å². The van der Waals surface area contributed by atoms with Crippen LogP contribution in [0.15, 0.2) is 24.5 Å². The van der Waals surface area contributed by atoms with Gasteiger partial charge in [-0.1, -0.05) is 6.07 Å². The predicted molar refractivity (Wildman–Crippen MR) is 82.8 cm³/mol. The number of nitrogens with zero attached hydrogens (tertiary/aromatic N) is 3. The van der Waals surface area contributed by atoms with Crippen molar-refractivity contribution in [1.29, 1.82) is 0 Å². The number of nitrogen functional groups attached to an aromatic ring is 1. The molecule has 0 aliphatic heterocycles. The molecular formula is C15H18N4S. The molecule has 2 aromatic rings. The number of hydrogen-bond donors (Lipinski definition) is 1. The molecular weight excluding hydrogens is 268 g/mol. The minimum Gasteiger partial charge on any atom is -0.382 e. The summed E-state index contributed by atoms with van der Waals surface area (Å²) >= 11 is 1.54. The van der Waals surface area contributed by atoms with E-state index in [-0.39, 0.29) is 0 Å². The number of nitrogens with two attached hydrogens (primary N) is 1. The third-order valence-electron chi connectivity index (χ3n) is 4.05. The van der Waals surface area contributed by atoms with Crippen LogP contribution in [0.3, 0.4) is 0 Å². The van der Waals surface area contributed by atoms with Crippen molar-refractivity contribution in [1.82, 2.24) is 9.36 Å². The molecule has 0 saturated heterocycles. The Balaban J connectivity index is 1.73. The zero-order valence-electron chi connectivity index (χ0n) is 11.3. The number of anilines is 2. The predicted octanol–water partition coefficient (Wildman–Crippen LogP) is 3.17. The number of rotatable bonds is 5. The lowest BCUT2D eigenvalue weighted by atomic mass is 10.1. The van der Waals surface area contributed by atoms with Gasteiger partial charge in [0, 0.05) is 30.5 Å². The van der Waals surface area contributed by atoms with Crippen LogP contribution in [0.1, 0.15) is 25.7 Å². The molecule has 0 unspecified atom stereocenters. The smallest absolute Gasteiger partial charge is 0.147 e. The van der Waals surface area contributed by atoms with Gasteiger partial charge in [0.25, 0.3) is 0 Å². The Hall–Kier alpha value is -1.62. The molecule has 2 aliphatic carbocycles. The molecule has 0 radical (unpaired) electrons. The van der Waals surface area contributed by atoms with Crippen molar-refractivity contribution in [2.45, 2.75) is 31.7 Å². The summed E-state index contributed by atoms with van der Waals surface area (Å²) in [6.07, 6.45) is 9.03. The second-order valence-electron chi connectivity index (χ2n) is 5.82. The van der Waals surface area contributed by atoms with E-state index in [1.807, 2.05) is 12.3 Å². The Morgan fingerprint density at radius 2 is 2.15 bits per heavy atom. The molecule has 0 bridgehead atoms. The Bertz CT molecular complexity index is 602. The van der Waals surface area contributed by atoms with E-state index >= 15 is 0 Å². The van der Waals surface area contributed by atoms with Crippen molar-refractivity contribution in [2.24, 2.45) is 5.92 Å². The van der Waals surface area contributed by atoms with Gasteiger partial charge in [0.05, 0.1) is 5.56 Å². The van der Waals surface area contributed by atoms with Crippen LogP contribution in [0.5, 0.6) is 0 Å². The highest BCUT2D eigenvalue weighted by Gasteiger charge is 2.36. The van der Waals surface area contributed by atoms with Gasteiger partial charge in [-0.3, -0.25) is 4.98 Å². The zero-order valence-corrected chi connectivity index (χ0v) is 12.1. The number of aromatic nitrogens is 2. The first-order valence-corrected chi connectivity index (χ1v) is 8.02. The van der Waals surface area contributed by atoms with Crippen LogP contribution in [-0.2, 0) is 0 Å². The van der Waals surface area contributed by atoms with E-state index in [1.54, 1.807) is 17.7 Å². The van der Waals surface area contributed by atoms with Crippen LogP contribution >= 0.6 is 11.5 Å². The molecule has 5 heteroatoms. The molecule has 0 atom stereocenters. The fourth-order valence-electron chi connectivity index (χ4n) is 2.63. The lowest BCUT2D eigenvalue weighted by Gasteiger charge is -2.23. The van der Waals surface area contributed by atoms with E-state index in [0.717, 1.165) is 17.0 Å². The molecule has 20 heavy (non-hydrogen) atoms. The van der Waals surface area contributed by atoms with Gasteiger partial charge < -0.3 is 10.6 Å².